The average molecular weight is 236 g/mol. The summed E-state index contributed by atoms with van der Waals surface area (Å²) in [5, 5.41) is 3.09. The van der Waals surface area contributed by atoms with E-state index in [0.717, 1.165) is 0 Å². The van der Waals surface area contributed by atoms with Gasteiger partial charge < -0.3 is 4.74 Å². The minimum atomic E-state index is -0.704. The molecule has 0 aliphatic rings. The van der Waals surface area contributed by atoms with E-state index in [1.807, 2.05) is 27.7 Å². The SMILES string of the molecule is CC(C)OC(=O)[C@@H](C)N[P+](=S)C(C)C. The first-order valence-corrected chi connectivity index (χ1v) is 7.20. The van der Waals surface area contributed by atoms with Crippen LogP contribution in [-0.4, -0.2) is 23.8 Å². The predicted molar refractivity (Wildman–Crippen MR) is 63.2 cm³/mol. The van der Waals surface area contributed by atoms with E-state index in [9.17, 15) is 4.79 Å². The summed E-state index contributed by atoms with van der Waals surface area (Å²) >= 11 is 5.22. The summed E-state index contributed by atoms with van der Waals surface area (Å²) in [6, 6.07) is -0.302. The molecule has 0 aromatic carbocycles. The maximum atomic E-state index is 11.4. The number of hydrogen-bond acceptors (Lipinski definition) is 3. The van der Waals surface area contributed by atoms with Gasteiger partial charge in [-0.05, 0) is 34.6 Å². The molecule has 0 amide bonds. The summed E-state index contributed by atoms with van der Waals surface area (Å²) in [6.45, 7) is 8.85. The van der Waals surface area contributed by atoms with Crippen LogP contribution in [0.25, 0.3) is 0 Å². The van der Waals surface area contributed by atoms with Crippen LogP contribution in [0.15, 0.2) is 0 Å². The normalized spacial score (nSPS) is 14.4. The van der Waals surface area contributed by atoms with Gasteiger partial charge in [0.1, 0.15) is 11.7 Å². The van der Waals surface area contributed by atoms with Crippen LogP contribution in [0.2, 0.25) is 0 Å². The number of hydrogen-bond donors (Lipinski definition) is 1. The van der Waals surface area contributed by atoms with Gasteiger partial charge >= 0.3 is 5.97 Å². The second-order valence-electron chi connectivity index (χ2n) is 3.76. The summed E-state index contributed by atoms with van der Waals surface area (Å²) in [6.07, 6.45) is -0.0675. The first kappa shape index (κ1) is 13.9. The lowest BCUT2D eigenvalue weighted by Crippen LogP contribution is -2.33. The Labute approximate surface area is 92.1 Å². The molecule has 3 nitrogen and oxygen atoms in total. The zero-order valence-electron chi connectivity index (χ0n) is 9.40. The topological polar surface area (TPSA) is 38.3 Å². The fourth-order valence-corrected chi connectivity index (χ4v) is 1.99. The highest BCUT2D eigenvalue weighted by Crippen LogP contribution is 2.23. The molecule has 0 aliphatic carbocycles. The molecule has 1 unspecified atom stereocenters. The largest absolute Gasteiger partial charge is 0.462 e. The molecule has 0 spiro atoms. The van der Waals surface area contributed by atoms with Gasteiger partial charge in [-0.1, -0.05) is 0 Å². The molecule has 2 atom stereocenters. The van der Waals surface area contributed by atoms with Crippen molar-refractivity contribution in [2.75, 3.05) is 0 Å². The van der Waals surface area contributed by atoms with Gasteiger partial charge in [-0.25, -0.2) is 0 Å². The maximum Gasteiger partial charge on any atom is 0.327 e. The first-order valence-electron chi connectivity index (χ1n) is 4.77. The highest BCUT2D eigenvalue weighted by atomic mass is 32.4. The zero-order chi connectivity index (χ0) is 11.3. The van der Waals surface area contributed by atoms with Crippen LogP contribution < -0.4 is 5.09 Å². The quantitative estimate of drug-likeness (QED) is 0.586. The van der Waals surface area contributed by atoms with Gasteiger partial charge in [0.05, 0.1) is 6.10 Å². The van der Waals surface area contributed by atoms with Gasteiger partial charge in [0.2, 0.25) is 0 Å². The van der Waals surface area contributed by atoms with E-state index in [1.165, 1.54) is 0 Å². The van der Waals surface area contributed by atoms with Crippen LogP contribution in [0.1, 0.15) is 34.6 Å². The Bertz CT molecular complexity index is 219. The Balaban J connectivity index is 4.01. The Morgan fingerprint density at radius 3 is 2.14 bits per heavy atom. The summed E-state index contributed by atoms with van der Waals surface area (Å²) < 4.78 is 5.06. The van der Waals surface area contributed by atoms with Gasteiger partial charge in [-0.3, -0.25) is 4.79 Å². The number of rotatable bonds is 5. The Kier molecular flexibility index (Phi) is 6.41. The van der Waals surface area contributed by atoms with Crippen LogP contribution in [0.4, 0.5) is 0 Å². The second-order valence-corrected chi connectivity index (χ2v) is 6.88. The van der Waals surface area contributed by atoms with Crippen LogP contribution >= 0.6 is 6.85 Å². The van der Waals surface area contributed by atoms with Crippen LogP contribution in [0, 0.1) is 0 Å². The molecule has 0 fully saturated rings. The Hall–Kier alpha value is -0.0500. The molecule has 0 heterocycles. The lowest BCUT2D eigenvalue weighted by Gasteiger charge is -2.11. The van der Waals surface area contributed by atoms with Crippen molar-refractivity contribution in [3.05, 3.63) is 0 Å². The lowest BCUT2D eigenvalue weighted by atomic mass is 10.4. The summed E-state index contributed by atoms with van der Waals surface area (Å²) in [4.78, 5) is 11.4. The first-order chi connectivity index (χ1) is 6.34. The van der Waals surface area contributed by atoms with E-state index < -0.39 is 6.85 Å². The van der Waals surface area contributed by atoms with Crippen molar-refractivity contribution >= 4 is 24.6 Å². The zero-order valence-corrected chi connectivity index (χ0v) is 11.1. The summed E-state index contributed by atoms with van der Waals surface area (Å²) in [7, 11) is 0. The molecule has 0 aliphatic heterocycles. The molecule has 5 heteroatoms. The minimum absolute atomic E-state index is 0.0675. The molecule has 0 bridgehead atoms. The van der Waals surface area contributed by atoms with E-state index in [1.54, 1.807) is 6.92 Å². The fourth-order valence-electron chi connectivity index (χ4n) is 0.727. The third-order valence-corrected chi connectivity index (χ3v) is 4.66. The second kappa shape index (κ2) is 6.44. The monoisotopic (exact) mass is 236 g/mol. The minimum Gasteiger partial charge on any atom is -0.462 e. The van der Waals surface area contributed by atoms with Gasteiger partial charge in [0.25, 0.3) is 6.85 Å². The summed E-state index contributed by atoms with van der Waals surface area (Å²) in [5.41, 5.74) is 0.397. The molecule has 0 saturated carbocycles. The molecular formula is C9H19NO2PS+. The number of ether oxygens (including phenoxy) is 1. The van der Waals surface area contributed by atoms with Crippen LogP contribution in [0.5, 0.6) is 0 Å². The lowest BCUT2D eigenvalue weighted by molar-refractivity contribution is -0.148. The highest BCUT2D eigenvalue weighted by molar-refractivity contribution is 8.04. The van der Waals surface area contributed by atoms with Crippen molar-refractivity contribution in [1.82, 2.24) is 5.09 Å². The molecule has 82 valence electrons. The van der Waals surface area contributed by atoms with E-state index in [4.69, 9.17) is 16.5 Å². The fraction of sp³-hybridized carbons (Fsp3) is 0.889. The summed E-state index contributed by atoms with van der Waals surface area (Å²) in [5.74, 6) is -0.224. The van der Waals surface area contributed by atoms with E-state index in [-0.39, 0.29) is 18.1 Å². The predicted octanol–water partition coefficient (Wildman–Crippen LogP) is 2.18. The number of carbonyl (C=O) groups is 1. The van der Waals surface area contributed by atoms with Crippen LogP contribution in [0.3, 0.4) is 0 Å². The van der Waals surface area contributed by atoms with Gasteiger partial charge in [0.15, 0.2) is 11.8 Å². The number of nitrogens with one attached hydrogen (secondary N) is 1. The van der Waals surface area contributed by atoms with Gasteiger partial charge in [0, 0.05) is 0 Å². The molecule has 1 N–H and O–H groups in total. The highest BCUT2D eigenvalue weighted by Gasteiger charge is 2.24. The van der Waals surface area contributed by atoms with Crippen molar-refractivity contribution in [2.24, 2.45) is 0 Å². The van der Waals surface area contributed by atoms with E-state index in [2.05, 4.69) is 5.09 Å². The third-order valence-electron chi connectivity index (χ3n) is 1.50. The molecule has 0 saturated heterocycles. The molecule has 14 heavy (non-hydrogen) atoms. The smallest absolute Gasteiger partial charge is 0.327 e. The van der Waals surface area contributed by atoms with Crippen molar-refractivity contribution in [2.45, 2.75) is 52.4 Å². The van der Waals surface area contributed by atoms with Gasteiger partial charge in [-0.15, -0.1) is 5.09 Å². The third kappa shape index (κ3) is 5.63. The molecule has 0 aromatic heterocycles. The molecule has 0 aromatic rings. The van der Waals surface area contributed by atoms with Crippen molar-refractivity contribution in [3.8, 4) is 0 Å². The molecular weight excluding hydrogens is 217 g/mol. The van der Waals surface area contributed by atoms with Gasteiger partial charge in [-0.2, -0.15) is 0 Å². The van der Waals surface area contributed by atoms with E-state index >= 15 is 0 Å². The van der Waals surface area contributed by atoms with E-state index in [0.29, 0.717) is 5.66 Å². The molecule has 0 rings (SSSR count). The van der Waals surface area contributed by atoms with Crippen molar-refractivity contribution in [3.63, 3.8) is 0 Å². The average Bonchev–Trinajstić information content (AvgIpc) is 2.02. The standard InChI is InChI=1S/C9H19NO2PS/c1-6(2)12-9(11)8(5)10-13(14)7(3)4/h6-8H,1-5H3,(H,10,14)/q+1/t8-/m1/s1. The number of esters is 1. The van der Waals surface area contributed by atoms with Crippen LogP contribution in [-0.2, 0) is 21.3 Å². The Morgan fingerprint density at radius 1 is 1.29 bits per heavy atom. The Morgan fingerprint density at radius 2 is 1.79 bits per heavy atom. The van der Waals surface area contributed by atoms with Crippen molar-refractivity contribution < 1.29 is 9.53 Å². The molecule has 0 radical (unpaired) electrons. The number of carbonyl (C=O) groups excluding carboxylic acids is 1. The van der Waals surface area contributed by atoms with Crippen molar-refractivity contribution in [1.29, 1.82) is 0 Å². The maximum absolute atomic E-state index is 11.4.